The predicted octanol–water partition coefficient (Wildman–Crippen LogP) is 32.7. The largest absolute Gasteiger partial charge is 0.243 e. The summed E-state index contributed by atoms with van der Waals surface area (Å²) in [4.78, 5) is 47.5. The average Bonchev–Trinajstić information content (AvgIpc) is 1.70. The van der Waals surface area contributed by atoms with E-state index in [0.29, 0.717) is 17.5 Å². The molecule has 131 heavy (non-hydrogen) atoms. The summed E-state index contributed by atoms with van der Waals surface area (Å²) in [6, 6.07) is 147. The normalized spacial score (nSPS) is 11.8. The Morgan fingerprint density at radius 3 is 0.809 bits per heavy atom. The highest BCUT2D eigenvalue weighted by Gasteiger charge is 2.25. The molecular formula is C119H69N9S3. The smallest absolute Gasteiger partial charge is 0.179 e. The fourth-order valence-electron chi connectivity index (χ4n) is 19.4. The SMILES string of the molecule is c1ccc(-c2ccc3cc(-c4nc(-c5nc6c(ccc7sc8ccccc8c76)c6ccccc56)nc5ccccc45)ccc3c2)cc1.c1ccc(-c2cccc(-c3nc(-c4nc5c(ccc6sc7ccccc7c65)c5ccccc45)nc4ccccc34)c2)cc1.c1ccc2cc(-c3nc(-c4nc5c(ccc6sc7ccccc7c65)c5ccccc45)nc4ccccc34)ccc2c1. The van der Waals surface area contributed by atoms with Crippen LogP contribution < -0.4 is 0 Å². The zero-order chi connectivity index (χ0) is 86.1. The van der Waals surface area contributed by atoms with E-state index in [1.165, 1.54) is 98.8 Å². The number of fused-ring (bicyclic) bond motifs is 26. The summed E-state index contributed by atoms with van der Waals surface area (Å²) in [5.74, 6) is 1.91. The number of pyridine rings is 3. The van der Waals surface area contributed by atoms with Crippen molar-refractivity contribution in [3.8, 4) is 90.6 Å². The lowest BCUT2D eigenvalue weighted by Gasteiger charge is -2.13. The molecule has 608 valence electrons. The summed E-state index contributed by atoms with van der Waals surface area (Å²) in [6.07, 6.45) is 0. The van der Waals surface area contributed by atoms with Gasteiger partial charge in [0.1, 0.15) is 17.1 Å². The molecule has 12 heteroatoms. The molecule has 0 fully saturated rings. The zero-order valence-corrected chi connectivity index (χ0v) is 72.5. The van der Waals surface area contributed by atoms with Crippen LogP contribution in [0.4, 0.5) is 0 Å². The number of hydrogen-bond acceptors (Lipinski definition) is 12. The van der Waals surface area contributed by atoms with Crippen molar-refractivity contribution >= 4 is 214 Å². The lowest BCUT2D eigenvalue weighted by molar-refractivity contribution is 1.20. The molecule has 0 saturated heterocycles. The molecule has 28 rings (SSSR count). The highest BCUT2D eigenvalue weighted by Crippen LogP contribution is 2.48. The number of aromatic nitrogens is 9. The van der Waals surface area contributed by atoms with Crippen molar-refractivity contribution in [1.82, 2.24) is 44.9 Å². The van der Waals surface area contributed by atoms with E-state index in [4.69, 9.17) is 44.9 Å². The molecule has 0 radical (unpaired) electrons. The quantitative estimate of drug-likeness (QED) is 0.137. The van der Waals surface area contributed by atoms with Crippen LogP contribution in [0.5, 0.6) is 0 Å². The van der Waals surface area contributed by atoms with Crippen LogP contribution in [0.15, 0.2) is 419 Å². The molecule has 19 aromatic carbocycles. The molecule has 9 aromatic heterocycles. The van der Waals surface area contributed by atoms with Crippen molar-refractivity contribution in [3.63, 3.8) is 0 Å². The highest BCUT2D eigenvalue weighted by atomic mass is 32.1. The summed E-state index contributed by atoms with van der Waals surface area (Å²) in [5, 5.41) is 25.2. The summed E-state index contributed by atoms with van der Waals surface area (Å²) < 4.78 is 7.52. The van der Waals surface area contributed by atoms with E-state index < -0.39 is 0 Å². The number of para-hydroxylation sites is 3. The topological polar surface area (TPSA) is 116 Å². The van der Waals surface area contributed by atoms with E-state index >= 15 is 0 Å². The van der Waals surface area contributed by atoms with E-state index in [1.807, 2.05) is 58.3 Å². The Morgan fingerprint density at radius 2 is 0.412 bits per heavy atom. The van der Waals surface area contributed by atoms with Crippen molar-refractivity contribution in [1.29, 1.82) is 0 Å². The van der Waals surface area contributed by atoms with E-state index in [-0.39, 0.29) is 0 Å². The van der Waals surface area contributed by atoms with Gasteiger partial charge in [-0.25, -0.2) is 44.9 Å². The van der Waals surface area contributed by atoms with Crippen molar-refractivity contribution < 1.29 is 0 Å². The highest BCUT2D eigenvalue weighted by molar-refractivity contribution is 7.26. The molecule has 0 atom stereocenters. The molecule has 0 amide bonds. The minimum Gasteiger partial charge on any atom is -0.243 e. The van der Waals surface area contributed by atoms with Crippen molar-refractivity contribution in [2.45, 2.75) is 0 Å². The molecular weight excluding hydrogens is 1650 g/mol. The second-order valence-electron chi connectivity index (χ2n) is 33.2. The molecule has 0 spiro atoms. The maximum atomic E-state index is 5.44. The van der Waals surface area contributed by atoms with Gasteiger partial charge < -0.3 is 0 Å². The number of hydrogen-bond donors (Lipinski definition) is 0. The molecule has 0 unspecified atom stereocenters. The molecule has 28 aromatic rings. The van der Waals surface area contributed by atoms with Crippen LogP contribution in [0.1, 0.15) is 0 Å². The van der Waals surface area contributed by atoms with Crippen molar-refractivity contribution in [2.75, 3.05) is 0 Å². The third-order valence-electron chi connectivity index (χ3n) is 25.6. The van der Waals surface area contributed by atoms with Crippen LogP contribution >= 0.6 is 34.0 Å². The van der Waals surface area contributed by atoms with Crippen LogP contribution in [0.25, 0.3) is 270 Å². The zero-order valence-electron chi connectivity index (χ0n) is 70.1. The second-order valence-corrected chi connectivity index (χ2v) is 36.5. The van der Waals surface area contributed by atoms with Crippen LogP contribution in [0, 0.1) is 0 Å². The molecule has 0 saturated carbocycles. The van der Waals surface area contributed by atoms with E-state index in [9.17, 15) is 0 Å². The fraction of sp³-hybridized carbons (Fsp3) is 0. The molecule has 0 aliphatic rings. The number of nitrogens with zero attached hydrogens (tertiary/aromatic N) is 9. The summed E-state index contributed by atoms with van der Waals surface area (Å²) in [7, 11) is 0. The van der Waals surface area contributed by atoms with Gasteiger partial charge >= 0.3 is 0 Å². The summed E-state index contributed by atoms with van der Waals surface area (Å²) in [5.41, 5.74) is 18.8. The van der Waals surface area contributed by atoms with E-state index in [1.54, 1.807) is 0 Å². The molecule has 0 aliphatic carbocycles. The van der Waals surface area contributed by atoms with Crippen LogP contribution in [-0.4, -0.2) is 44.9 Å². The maximum absolute atomic E-state index is 5.44. The Morgan fingerprint density at radius 1 is 0.137 bits per heavy atom. The fourth-order valence-corrected chi connectivity index (χ4v) is 22.7. The Kier molecular flexibility index (Phi) is 18.0. The minimum absolute atomic E-state index is 0.632. The minimum atomic E-state index is 0.632. The van der Waals surface area contributed by atoms with Gasteiger partial charge in [-0.05, 0) is 139 Å². The monoisotopic (exact) mass is 1720 g/mol. The summed E-state index contributed by atoms with van der Waals surface area (Å²) >= 11 is 5.44. The Balaban J connectivity index is 0.000000103. The Bertz CT molecular complexity index is 9610. The first-order valence-electron chi connectivity index (χ1n) is 43.9. The van der Waals surface area contributed by atoms with Gasteiger partial charge in [0.15, 0.2) is 17.5 Å². The van der Waals surface area contributed by atoms with Crippen LogP contribution in [-0.2, 0) is 0 Å². The number of rotatable bonds is 8. The van der Waals surface area contributed by atoms with Crippen molar-refractivity contribution in [3.05, 3.63) is 419 Å². The van der Waals surface area contributed by atoms with E-state index in [2.05, 4.69) is 394 Å². The average molecular weight is 1720 g/mol. The van der Waals surface area contributed by atoms with Crippen LogP contribution in [0.2, 0.25) is 0 Å². The van der Waals surface area contributed by atoms with Crippen molar-refractivity contribution in [2.24, 2.45) is 0 Å². The predicted molar refractivity (Wildman–Crippen MR) is 554 cm³/mol. The van der Waals surface area contributed by atoms with Gasteiger partial charge in [-0.3, -0.25) is 0 Å². The van der Waals surface area contributed by atoms with Gasteiger partial charge in [-0.2, -0.15) is 0 Å². The molecule has 0 aliphatic heterocycles. The van der Waals surface area contributed by atoms with Gasteiger partial charge in [0.05, 0.1) is 50.2 Å². The molecule has 0 N–H and O–H groups in total. The van der Waals surface area contributed by atoms with Gasteiger partial charge in [-0.1, -0.05) is 340 Å². The molecule has 0 bridgehead atoms. The van der Waals surface area contributed by atoms with Gasteiger partial charge in [0.25, 0.3) is 0 Å². The standard InChI is InChI=1S/C43H25N3S.C39H23N3S.C37H21N3S/c1-2-10-26(11-3-1)27-18-19-29-25-30(21-20-28(29)24-27)40-34-14-6-8-16-36(34)44-43(46-40)42-32-13-5-4-12-31(32)33-22-23-38-39(41(33)45-42)35-15-7-9-17-37(35)47-38;1-2-11-24(12-3-1)25-13-10-14-26(23-25)36-30-17-6-8-19-32(30)40-39(42-36)38-28-16-5-4-15-27(28)29-21-22-34-35(37(29)41-38)31-18-7-9-20-33(31)43-34;1-2-10-23-21-24(18-17-22(23)9-1)34-28-13-5-7-15-30(28)38-37(40-34)36-26-12-4-3-11-25(26)27-19-20-32-33(35(27)39-36)29-14-6-8-16-31(29)41-32/h1-25H;1-23H;1-21H. The van der Waals surface area contributed by atoms with E-state index in [0.717, 1.165) is 154 Å². The summed E-state index contributed by atoms with van der Waals surface area (Å²) in [6.45, 7) is 0. The van der Waals surface area contributed by atoms with Gasteiger partial charge in [0.2, 0.25) is 0 Å². The van der Waals surface area contributed by atoms with Gasteiger partial charge in [-0.15, -0.1) is 34.0 Å². The first kappa shape index (κ1) is 75.7. The molecule has 9 heterocycles. The third-order valence-corrected chi connectivity index (χ3v) is 29.0. The molecule has 9 nitrogen and oxygen atoms in total. The maximum Gasteiger partial charge on any atom is 0.179 e. The Hall–Kier alpha value is -16.6. The number of benzene rings is 19. The third kappa shape index (κ3) is 13.0. The van der Waals surface area contributed by atoms with Crippen LogP contribution in [0.3, 0.4) is 0 Å². The first-order valence-corrected chi connectivity index (χ1v) is 46.3. The lowest BCUT2D eigenvalue weighted by Crippen LogP contribution is -1.98. The first-order chi connectivity index (χ1) is 64.9. The second kappa shape index (κ2) is 31.2. The number of thiophene rings is 3. The Labute approximate surface area is 762 Å². The van der Waals surface area contributed by atoms with Gasteiger partial charge in [0, 0.05) is 126 Å². The lowest BCUT2D eigenvalue weighted by atomic mass is 9.98.